The molecule has 1 atom stereocenters. The molecule has 2 N–H and O–H groups in total. The lowest BCUT2D eigenvalue weighted by Crippen LogP contribution is -2.20. The summed E-state index contributed by atoms with van der Waals surface area (Å²) in [6, 6.07) is 17.9. The highest BCUT2D eigenvalue weighted by Gasteiger charge is 2.10. The largest absolute Gasteiger partial charge is 0.491 e. The summed E-state index contributed by atoms with van der Waals surface area (Å²) < 4.78 is 6.50. The van der Waals surface area contributed by atoms with Gasteiger partial charge in [0.2, 0.25) is 5.13 Å². The van der Waals surface area contributed by atoms with Gasteiger partial charge in [0.1, 0.15) is 12.4 Å². The second kappa shape index (κ2) is 9.56. The van der Waals surface area contributed by atoms with Crippen molar-refractivity contribution in [2.24, 2.45) is 0 Å². The third-order valence-corrected chi connectivity index (χ3v) is 5.78. The Morgan fingerprint density at radius 2 is 1.88 bits per heavy atom. The number of hydrogen-bond donors (Lipinski definition) is 2. The summed E-state index contributed by atoms with van der Waals surface area (Å²) >= 11 is 2.97. The standard InChI is InChI=1S/C19H21N3O2S2/c1-14-7-5-6-10-17(14)24-12-16(23)13-25-19-22-21-18(26-19)20-11-15-8-3-2-4-9-15/h2-10,16,23H,11-13H2,1H3,(H,20,21)/t16-/m1/s1. The van der Waals surface area contributed by atoms with Crippen molar-refractivity contribution in [3.05, 3.63) is 65.7 Å². The van der Waals surface area contributed by atoms with Crippen molar-refractivity contribution in [3.63, 3.8) is 0 Å². The van der Waals surface area contributed by atoms with Gasteiger partial charge in [-0.05, 0) is 24.1 Å². The zero-order chi connectivity index (χ0) is 18.2. The molecule has 7 heteroatoms. The van der Waals surface area contributed by atoms with Crippen LogP contribution >= 0.6 is 23.1 Å². The van der Waals surface area contributed by atoms with E-state index >= 15 is 0 Å². The molecule has 26 heavy (non-hydrogen) atoms. The van der Waals surface area contributed by atoms with E-state index in [2.05, 4.69) is 27.6 Å². The lowest BCUT2D eigenvalue weighted by atomic mass is 10.2. The molecule has 0 aliphatic heterocycles. The van der Waals surface area contributed by atoms with Crippen molar-refractivity contribution >= 4 is 28.2 Å². The maximum atomic E-state index is 10.1. The lowest BCUT2D eigenvalue weighted by molar-refractivity contribution is 0.126. The summed E-state index contributed by atoms with van der Waals surface area (Å²) in [5, 5.41) is 22.5. The Bertz CT molecular complexity index is 811. The molecule has 0 amide bonds. The van der Waals surface area contributed by atoms with Gasteiger partial charge in [0.05, 0.1) is 6.10 Å². The fourth-order valence-corrected chi connectivity index (χ4v) is 3.91. The first-order valence-electron chi connectivity index (χ1n) is 8.31. The van der Waals surface area contributed by atoms with E-state index in [0.29, 0.717) is 12.3 Å². The second-order valence-corrected chi connectivity index (χ2v) is 8.00. The summed E-state index contributed by atoms with van der Waals surface area (Å²) in [5.41, 5.74) is 2.26. The summed E-state index contributed by atoms with van der Waals surface area (Å²) in [4.78, 5) is 0. The molecule has 3 rings (SSSR count). The minimum absolute atomic E-state index is 0.260. The Morgan fingerprint density at radius 3 is 2.69 bits per heavy atom. The Kier molecular flexibility index (Phi) is 6.88. The molecule has 1 aromatic heterocycles. The molecule has 0 bridgehead atoms. The SMILES string of the molecule is Cc1ccccc1OC[C@@H](O)CSc1nnc(NCc2ccccc2)s1. The highest BCUT2D eigenvalue weighted by atomic mass is 32.2. The highest BCUT2D eigenvalue weighted by molar-refractivity contribution is 8.01. The molecule has 0 radical (unpaired) electrons. The number of aliphatic hydroxyl groups is 1. The highest BCUT2D eigenvalue weighted by Crippen LogP contribution is 2.26. The van der Waals surface area contributed by atoms with Crippen LogP contribution < -0.4 is 10.1 Å². The number of hydrogen-bond acceptors (Lipinski definition) is 7. The van der Waals surface area contributed by atoms with Gasteiger partial charge in [-0.2, -0.15) is 0 Å². The Hall–Kier alpha value is -2.09. The normalized spacial score (nSPS) is 11.9. The van der Waals surface area contributed by atoms with Crippen molar-refractivity contribution in [1.82, 2.24) is 10.2 Å². The number of rotatable bonds is 9. The number of aryl methyl sites for hydroxylation is 1. The zero-order valence-corrected chi connectivity index (χ0v) is 16.1. The molecule has 0 fully saturated rings. The summed E-state index contributed by atoms with van der Waals surface area (Å²) in [6.45, 7) is 2.96. The molecule has 0 saturated carbocycles. The summed E-state index contributed by atoms with van der Waals surface area (Å²) in [5.74, 6) is 1.32. The van der Waals surface area contributed by atoms with Gasteiger partial charge in [0.25, 0.3) is 0 Å². The number of para-hydroxylation sites is 1. The number of nitrogens with one attached hydrogen (secondary N) is 1. The number of anilines is 1. The van der Waals surface area contributed by atoms with Crippen LogP contribution in [0.4, 0.5) is 5.13 Å². The molecule has 3 aromatic rings. The number of nitrogens with zero attached hydrogens (tertiary/aromatic N) is 2. The van der Waals surface area contributed by atoms with Crippen LogP contribution in [-0.4, -0.2) is 33.8 Å². The van der Waals surface area contributed by atoms with E-state index in [1.807, 2.05) is 49.4 Å². The molecule has 136 valence electrons. The van der Waals surface area contributed by atoms with Crippen LogP contribution in [0.2, 0.25) is 0 Å². The number of aromatic nitrogens is 2. The van der Waals surface area contributed by atoms with Crippen molar-refractivity contribution in [2.45, 2.75) is 23.9 Å². The van der Waals surface area contributed by atoms with Crippen LogP contribution in [0.5, 0.6) is 5.75 Å². The predicted molar refractivity (Wildman–Crippen MR) is 107 cm³/mol. The summed E-state index contributed by atoms with van der Waals surface area (Å²) in [7, 11) is 0. The Balaban J connectivity index is 1.40. The third-order valence-electron chi connectivity index (χ3n) is 3.62. The van der Waals surface area contributed by atoms with Crippen molar-refractivity contribution in [3.8, 4) is 5.75 Å². The zero-order valence-electron chi connectivity index (χ0n) is 14.5. The first-order valence-corrected chi connectivity index (χ1v) is 10.1. The molecular formula is C19H21N3O2S2. The van der Waals surface area contributed by atoms with E-state index in [9.17, 15) is 5.11 Å². The Morgan fingerprint density at radius 1 is 1.12 bits per heavy atom. The molecule has 2 aromatic carbocycles. The van der Waals surface area contributed by atoms with Gasteiger partial charge in [-0.25, -0.2) is 0 Å². The fraction of sp³-hybridized carbons (Fsp3) is 0.263. The molecule has 5 nitrogen and oxygen atoms in total. The number of thioether (sulfide) groups is 1. The molecule has 0 saturated heterocycles. The molecular weight excluding hydrogens is 366 g/mol. The monoisotopic (exact) mass is 387 g/mol. The van der Waals surface area contributed by atoms with Gasteiger partial charge in [-0.1, -0.05) is 71.6 Å². The number of ether oxygens (including phenoxy) is 1. The van der Waals surface area contributed by atoms with Crippen LogP contribution in [0.1, 0.15) is 11.1 Å². The van der Waals surface area contributed by atoms with Crippen LogP contribution in [0, 0.1) is 6.92 Å². The van der Waals surface area contributed by atoms with Crippen LogP contribution in [0.25, 0.3) is 0 Å². The van der Waals surface area contributed by atoms with E-state index < -0.39 is 6.10 Å². The predicted octanol–water partition coefficient (Wildman–Crippen LogP) is 3.99. The topological polar surface area (TPSA) is 67.3 Å². The third kappa shape index (κ3) is 5.72. The van der Waals surface area contributed by atoms with Crippen LogP contribution in [0.15, 0.2) is 58.9 Å². The smallest absolute Gasteiger partial charge is 0.206 e. The Labute approximate surface area is 161 Å². The lowest BCUT2D eigenvalue weighted by Gasteiger charge is -2.12. The van der Waals surface area contributed by atoms with E-state index in [-0.39, 0.29) is 6.61 Å². The first-order chi connectivity index (χ1) is 12.7. The van der Waals surface area contributed by atoms with E-state index in [1.165, 1.54) is 28.7 Å². The van der Waals surface area contributed by atoms with E-state index in [0.717, 1.165) is 20.8 Å². The average molecular weight is 388 g/mol. The average Bonchev–Trinajstić information content (AvgIpc) is 3.13. The van der Waals surface area contributed by atoms with Crippen molar-refractivity contribution in [1.29, 1.82) is 0 Å². The maximum Gasteiger partial charge on any atom is 0.206 e. The van der Waals surface area contributed by atoms with Crippen molar-refractivity contribution < 1.29 is 9.84 Å². The van der Waals surface area contributed by atoms with Gasteiger partial charge in [-0.3, -0.25) is 0 Å². The fourth-order valence-electron chi connectivity index (χ4n) is 2.23. The van der Waals surface area contributed by atoms with E-state index in [4.69, 9.17) is 4.74 Å². The molecule has 0 spiro atoms. The van der Waals surface area contributed by atoms with Gasteiger partial charge in [0.15, 0.2) is 4.34 Å². The van der Waals surface area contributed by atoms with Gasteiger partial charge >= 0.3 is 0 Å². The molecule has 0 aliphatic rings. The first kappa shape index (κ1) is 18.7. The van der Waals surface area contributed by atoms with Crippen LogP contribution in [-0.2, 0) is 6.54 Å². The number of benzene rings is 2. The molecule has 1 heterocycles. The maximum absolute atomic E-state index is 10.1. The van der Waals surface area contributed by atoms with Gasteiger partial charge in [-0.15, -0.1) is 10.2 Å². The molecule has 0 aliphatic carbocycles. The second-order valence-electron chi connectivity index (χ2n) is 5.75. The minimum atomic E-state index is -0.566. The van der Waals surface area contributed by atoms with Gasteiger partial charge in [0, 0.05) is 12.3 Å². The van der Waals surface area contributed by atoms with E-state index in [1.54, 1.807) is 0 Å². The van der Waals surface area contributed by atoms with Crippen LogP contribution in [0.3, 0.4) is 0 Å². The van der Waals surface area contributed by atoms with Crippen molar-refractivity contribution in [2.75, 3.05) is 17.7 Å². The van der Waals surface area contributed by atoms with Gasteiger partial charge < -0.3 is 15.2 Å². The minimum Gasteiger partial charge on any atom is -0.491 e. The summed E-state index contributed by atoms with van der Waals surface area (Å²) in [6.07, 6.45) is -0.566. The molecule has 0 unspecified atom stereocenters. The quantitative estimate of drug-likeness (QED) is 0.541. The number of aliphatic hydroxyl groups excluding tert-OH is 1.